The molecule has 0 aliphatic carbocycles. The van der Waals surface area contributed by atoms with Gasteiger partial charge in [0.2, 0.25) is 0 Å². The molecular formula is C10H15NO3. The van der Waals surface area contributed by atoms with Crippen molar-refractivity contribution < 1.29 is 14.7 Å². The van der Waals surface area contributed by atoms with E-state index in [2.05, 4.69) is 5.48 Å². The molecule has 0 heterocycles. The number of aromatic hydroxyl groups is 1. The number of benzene rings is 1. The van der Waals surface area contributed by atoms with Crippen molar-refractivity contribution >= 4 is 5.69 Å². The summed E-state index contributed by atoms with van der Waals surface area (Å²) in [5.41, 5.74) is 3.54. The van der Waals surface area contributed by atoms with Crippen LogP contribution < -0.4 is 5.48 Å². The number of rotatable bonds is 6. The Labute approximate surface area is 83.4 Å². The molecule has 0 atom stereocenters. The van der Waals surface area contributed by atoms with E-state index in [1.807, 2.05) is 6.92 Å². The van der Waals surface area contributed by atoms with Crippen LogP contribution in [0.3, 0.4) is 0 Å². The summed E-state index contributed by atoms with van der Waals surface area (Å²) in [6.45, 7) is 3.70. The normalized spacial score (nSPS) is 10.1. The maximum atomic E-state index is 9.01. The van der Waals surface area contributed by atoms with Crippen molar-refractivity contribution in [2.24, 2.45) is 0 Å². The third-order valence-electron chi connectivity index (χ3n) is 1.59. The van der Waals surface area contributed by atoms with Crippen LogP contribution in [0.1, 0.15) is 6.92 Å². The van der Waals surface area contributed by atoms with Gasteiger partial charge in [0.15, 0.2) is 0 Å². The monoisotopic (exact) mass is 197 g/mol. The van der Waals surface area contributed by atoms with Gasteiger partial charge in [0.05, 0.1) is 18.9 Å². The first-order valence-corrected chi connectivity index (χ1v) is 4.57. The van der Waals surface area contributed by atoms with Gasteiger partial charge in [-0.2, -0.15) is 0 Å². The SMILES string of the molecule is CCOCCONc1ccc(O)cc1. The van der Waals surface area contributed by atoms with Crippen molar-refractivity contribution in [2.45, 2.75) is 6.92 Å². The number of phenolic OH excluding ortho intramolecular Hbond substituents is 1. The molecule has 4 nitrogen and oxygen atoms in total. The van der Waals surface area contributed by atoms with Crippen molar-refractivity contribution in [2.75, 3.05) is 25.3 Å². The summed E-state index contributed by atoms with van der Waals surface area (Å²) in [5, 5.41) is 9.01. The molecule has 14 heavy (non-hydrogen) atoms. The molecule has 2 N–H and O–H groups in total. The van der Waals surface area contributed by atoms with E-state index >= 15 is 0 Å². The quantitative estimate of drug-likeness (QED) is 0.414. The number of hydrogen-bond donors (Lipinski definition) is 2. The Morgan fingerprint density at radius 2 is 1.93 bits per heavy atom. The molecule has 0 aromatic heterocycles. The molecule has 0 spiro atoms. The Hall–Kier alpha value is -1.26. The number of nitrogens with one attached hydrogen (secondary N) is 1. The summed E-state index contributed by atoms with van der Waals surface area (Å²) in [7, 11) is 0. The predicted octanol–water partition coefficient (Wildman–Crippen LogP) is 1.77. The smallest absolute Gasteiger partial charge is 0.115 e. The van der Waals surface area contributed by atoms with E-state index in [-0.39, 0.29) is 5.75 Å². The van der Waals surface area contributed by atoms with Crippen molar-refractivity contribution in [1.82, 2.24) is 0 Å². The van der Waals surface area contributed by atoms with Crippen LogP contribution in [0.2, 0.25) is 0 Å². The van der Waals surface area contributed by atoms with Gasteiger partial charge in [-0.25, -0.2) is 0 Å². The first-order chi connectivity index (χ1) is 6.83. The van der Waals surface area contributed by atoms with Gasteiger partial charge in [-0.3, -0.25) is 10.3 Å². The molecule has 4 heteroatoms. The molecule has 0 bridgehead atoms. The standard InChI is InChI=1S/C10H15NO3/c1-2-13-7-8-14-11-9-3-5-10(12)6-4-9/h3-6,11-12H,2,7-8H2,1H3. The lowest BCUT2D eigenvalue weighted by molar-refractivity contribution is 0.0764. The van der Waals surface area contributed by atoms with Crippen molar-refractivity contribution in [1.29, 1.82) is 0 Å². The Morgan fingerprint density at radius 3 is 2.57 bits per heavy atom. The molecule has 1 aromatic carbocycles. The Morgan fingerprint density at radius 1 is 1.21 bits per heavy atom. The Kier molecular flexibility index (Phi) is 4.82. The molecule has 0 radical (unpaired) electrons. The third-order valence-corrected chi connectivity index (χ3v) is 1.59. The van der Waals surface area contributed by atoms with Crippen LogP contribution in [0.4, 0.5) is 5.69 Å². The number of anilines is 1. The van der Waals surface area contributed by atoms with Crippen LogP contribution in [0.25, 0.3) is 0 Å². The van der Waals surface area contributed by atoms with Gasteiger partial charge in [-0.1, -0.05) is 0 Å². The van der Waals surface area contributed by atoms with Crippen molar-refractivity contribution in [3.05, 3.63) is 24.3 Å². The second kappa shape index (κ2) is 6.23. The second-order valence-electron chi connectivity index (χ2n) is 2.69. The maximum Gasteiger partial charge on any atom is 0.115 e. The van der Waals surface area contributed by atoms with Gasteiger partial charge in [0, 0.05) is 6.61 Å². The van der Waals surface area contributed by atoms with Crippen LogP contribution >= 0.6 is 0 Å². The zero-order chi connectivity index (χ0) is 10.2. The fraction of sp³-hybridized carbons (Fsp3) is 0.400. The minimum atomic E-state index is 0.241. The van der Waals surface area contributed by atoms with Crippen LogP contribution in [0, 0.1) is 0 Å². The van der Waals surface area contributed by atoms with Crippen molar-refractivity contribution in [3.8, 4) is 5.75 Å². The molecule has 0 aliphatic heterocycles. The molecule has 0 saturated heterocycles. The molecule has 0 saturated carbocycles. The molecule has 0 unspecified atom stereocenters. The summed E-state index contributed by atoms with van der Waals surface area (Å²) in [5.74, 6) is 0.241. The van der Waals surface area contributed by atoms with Gasteiger partial charge < -0.3 is 9.84 Å². The predicted molar refractivity (Wildman–Crippen MR) is 54.2 cm³/mol. The lowest BCUT2D eigenvalue weighted by Gasteiger charge is -2.06. The maximum absolute atomic E-state index is 9.01. The fourth-order valence-corrected chi connectivity index (χ4v) is 0.909. The highest BCUT2D eigenvalue weighted by Crippen LogP contribution is 2.13. The molecule has 1 rings (SSSR count). The largest absolute Gasteiger partial charge is 0.508 e. The Bertz CT molecular complexity index is 248. The van der Waals surface area contributed by atoms with E-state index in [9.17, 15) is 0 Å². The van der Waals surface area contributed by atoms with E-state index in [0.29, 0.717) is 19.8 Å². The average molecular weight is 197 g/mol. The van der Waals surface area contributed by atoms with Crippen LogP contribution in [0.5, 0.6) is 5.75 Å². The number of phenols is 1. The summed E-state index contributed by atoms with van der Waals surface area (Å²) in [6.07, 6.45) is 0. The lowest BCUT2D eigenvalue weighted by atomic mass is 10.3. The first kappa shape index (κ1) is 10.8. The molecule has 1 aromatic rings. The topological polar surface area (TPSA) is 50.7 Å². The second-order valence-corrected chi connectivity index (χ2v) is 2.69. The van der Waals surface area contributed by atoms with Crippen LogP contribution in [-0.2, 0) is 9.57 Å². The highest BCUT2D eigenvalue weighted by molar-refractivity contribution is 5.43. The molecule has 0 fully saturated rings. The molecular weight excluding hydrogens is 182 g/mol. The lowest BCUT2D eigenvalue weighted by Crippen LogP contribution is -2.08. The van der Waals surface area contributed by atoms with Gasteiger partial charge >= 0.3 is 0 Å². The van der Waals surface area contributed by atoms with Gasteiger partial charge in [0.25, 0.3) is 0 Å². The summed E-state index contributed by atoms with van der Waals surface area (Å²) < 4.78 is 5.09. The fourth-order valence-electron chi connectivity index (χ4n) is 0.909. The molecule has 0 amide bonds. The van der Waals surface area contributed by atoms with E-state index in [4.69, 9.17) is 14.7 Å². The van der Waals surface area contributed by atoms with E-state index in [1.54, 1.807) is 24.3 Å². The van der Waals surface area contributed by atoms with E-state index < -0.39 is 0 Å². The zero-order valence-corrected chi connectivity index (χ0v) is 8.19. The zero-order valence-electron chi connectivity index (χ0n) is 8.19. The summed E-state index contributed by atoms with van der Waals surface area (Å²) in [6, 6.07) is 6.65. The number of ether oxygens (including phenoxy) is 1. The summed E-state index contributed by atoms with van der Waals surface area (Å²) >= 11 is 0. The Balaban J connectivity index is 2.15. The van der Waals surface area contributed by atoms with Crippen molar-refractivity contribution in [3.63, 3.8) is 0 Å². The highest BCUT2D eigenvalue weighted by atomic mass is 16.7. The van der Waals surface area contributed by atoms with Gasteiger partial charge in [-0.05, 0) is 31.2 Å². The first-order valence-electron chi connectivity index (χ1n) is 4.57. The highest BCUT2D eigenvalue weighted by Gasteiger charge is 1.91. The third kappa shape index (κ3) is 4.11. The minimum absolute atomic E-state index is 0.241. The average Bonchev–Trinajstić information content (AvgIpc) is 2.21. The summed E-state index contributed by atoms with van der Waals surface area (Å²) in [4.78, 5) is 5.10. The van der Waals surface area contributed by atoms with Crippen LogP contribution in [-0.4, -0.2) is 24.9 Å². The number of hydrogen-bond acceptors (Lipinski definition) is 4. The van der Waals surface area contributed by atoms with E-state index in [0.717, 1.165) is 5.69 Å². The molecule has 78 valence electrons. The molecule has 0 aliphatic rings. The minimum Gasteiger partial charge on any atom is -0.508 e. The van der Waals surface area contributed by atoms with Gasteiger partial charge in [0.1, 0.15) is 5.75 Å². The van der Waals surface area contributed by atoms with Gasteiger partial charge in [-0.15, -0.1) is 0 Å². The van der Waals surface area contributed by atoms with Crippen LogP contribution in [0.15, 0.2) is 24.3 Å². The van der Waals surface area contributed by atoms with E-state index in [1.165, 1.54) is 0 Å².